The third-order valence-corrected chi connectivity index (χ3v) is 5.50. The molecule has 1 aliphatic heterocycles. The maximum Gasteiger partial charge on any atom is 0.317 e. The normalized spacial score (nSPS) is 23.5. The molecule has 4 rings (SSSR count). The fourth-order valence-corrected chi connectivity index (χ4v) is 4.15. The Bertz CT molecular complexity index is 635. The minimum absolute atomic E-state index is 0.0304. The third kappa shape index (κ3) is 3.12. The molecular weight excluding hydrogens is 302 g/mol. The van der Waals surface area contributed by atoms with E-state index < -0.39 is 0 Å². The van der Waals surface area contributed by atoms with Crippen molar-refractivity contribution < 1.29 is 9.59 Å². The molecule has 1 heterocycles. The number of urea groups is 1. The van der Waals surface area contributed by atoms with Gasteiger partial charge in [-0.2, -0.15) is 0 Å². The molecule has 1 aromatic rings. The fourth-order valence-electron chi connectivity index (χ4n) is 4.15. The molecule has 128 valence electrons. The average molecular weight is 327 g/mol. The predicted molar refractivity (Wildman–Crippen MR) is 92.9 cm³/mol. The Balaban J connectivity index is 1.42. The van der Waals surface area contributed by atoms with Gasteiger partial charge in [0.15, 0.2) is 0 Å². The molecule has 24 heavy (non-hydrogen) atoms. The Kier molecular flexibility index (Phi) is 4.17. The summed E-state index contributed by atoms with van der Waals surface area (Å²) in [6.45, 7) is 0.527. The lowest BCUT2D eigenvalue weighted by molar-refractivity contribution is -0.116. The summed E-state index contributed by atoms with van der Waals surface area (Å²) in [4.78, 5) is 26.8. The Morgan fingerprint density at radius 2 is 1.83 bits per heavy atom. The quantitative estimate of drug-likeness (QED) is 0.892. The van der Waals surface area contributed by atoms with Crippen LogP contribution in [0, 0.1) is 0 Å². The first kappa shape index (κ1) is 15.5. The molecule has 0 spiro atoms. The van der Waals surface area contributed by atoms with E-state index in [4.69, 9.17) is 0 Å². The monoisotopic (exact) mass is 327 g/mol. The highest BCUT2D eigenvalue weighted by atomic mass is 16.2. The molecule has 0 radical (unpaired) electrons. The molecule has 1 aromatic carbocycles. The van der Waals surface area contributed by atoms with E-state index in [1.807, 2.05) is 24.3 Å². The zero-order valence-electron chi connectivity index (χ0n) is 14.0. The predicted octanol–water partition coefficient (Wildman–Crippen LogP) is 3.23. The van der Waals surface area contributed by atoms with Crippen molar-refractivity contribution in [3.8, 4) is 0 Å². The lowest BCUT2D eigenvalue weighted by atomic mass is 9.90. The van der Waals surface area contributed by atoms with Gasteiger partial charge in [-0.3, -0.25) is 4.79 Å². The standard InChI is InChI=1S/C19H25N3O2/c23-18-11-13(16-7-3-4-8-17(16)21-18)12-20-19(24)22(15-9-10-15)14-5-1-2-6-14/h3-4,7-8,13-15H,1-2,5-6,9-12H2,(H,20,24)(H,21,23)/t13-/m0/s1. The van der Waals surface area contributed by atoms with Crippen molar-refractivity contribution >= 4 is 17.6 Å². The first-order valence-electron chi connectivity index (χ1n) is 9.17. The second-order valence-electron chi connectivity index (χ2n) is 7.30. The van der Waals surface area contributed by atoms with Crippen LogP contribution >= 0.6 is 0 Å². The minimum atomic E-state index is 0.0304. The summed E-state index contributed by atoms with van der Waals surface area (Å²) in [5, 5.41) is 6.03. The zero-order chi connectivity index (χ0) is 16.5. The summed E-state index contributed by atoms with van der Waals surface area (Å²) in [7, 11) is 0. The molecular formula is C19H25N3O2. The van der Waals surface area contributed by atoms with Gasteiger partial charge in [-0.25, -0.2) is 4.79 Å². The van der Waals surface area contributed by atoms with E-state index in [0.29, 0.717) is 25.0 Å². The van der Waals surface area contributed by atoms with E-state index in [0.717, 1.165) is 36.9 Å². The molecule has 0 saturated heterocycles. The van der Waals surface area contributed by atoms with Gasteiger partial charge in [0.1, 0.15) is 0 Å². The zero-order valence-corrected chi connectivity index (χ0v) is 14.0. The number of fused-ring (bicyclic) bond motifs is 1. The van der Waals surface area contributed by atoms with Crippen molar-refractivity contribution in [2.24, 2.45) is 0 Å². The molecule has 0 aromatic heterocycles. The van der Waals surface area contributed by atoms with Crippen LogP contribution in [-0.4, -0.2) is 35.5 Å². The van der Waals surface area contributed by atoms with Crippen LogP contribution in [0.4, 0.5) is 10.5 Å². The van der Waals surface area contributed by atoms with Gasteiger partial charge in [0.2, 0.25) is 5.91 Å². The topological polar surface area (TPSA) is 61.4 Å². The van der Waals surface area contributed by atoms with Crippen LogP contribution in [0.3, 0.4) is 0 Å². The van der Waals surface area contributed by atoms with Crippen LogP contribution in [0.2, 0.25) is 0 Å². The molecule has 2 aliphatic carbocycles. The number of rotatable bonds is 4. The van der Waals surface area contributed by atoms with Crippen molar-refractivity contribution in [2.45, 2.75) is 62.9 Å². The Morgan fingerprint density at radius 1 is 1.12 bits per heavy atom. The summed E-state index contributed by atoms with van der Waals surface area (Å²) in [6, 6.07) is 8.80. The van der Waals surface area contributed by atoms with E-state index in [1.165, 1.54) is 12.8 Å². The van der Waals surface area contributed by atoms with Crippen LogP contribution in [0.15, 0.2) is 24.3 Å². The van der Waals surface area contributed by atoms with Crippen LogP contribution < -0.4 is 10.6 Å². The number of carbonyl (C=O) groups excluding carboxylic acids is 2. The number of amides is 3. The van der Waals surface area contributed by atoms with Crippen molar-refractivity contribution in [2.75, 3.05) is 11.9 Å². The van der Waals surface area contributed by atoms with E-state index in [-0.39, 0.29) is 17.9 Å². The highest BCUT2D eigenvalue weighted by molar-refractivity contribution is 5.94. The largest absolute Gasteiger partial charge is 0.337 e. The lowest BCUT2D eigenvalue weighted by Crippen LogP contribution is -2.47. The Labute approximate surface area is 142 Å². The van der Waals surface area contributed by atoms with Crippen LogP contribution in [-0.2, 0) is 4.79 Å². The minimum Gasteiger partial charge on any atom is -0.337 e. The van der Waals surface area contributed by atoms with E-state index in [2.05, 4.69) is 15.5 Å². The summed E-state index contributed by atoms with van der Waals surface area (Å²) >= 11 is 0. The summed E-state index contributed by atoms with van der Waals surface area (Å²) in [6.07, 6.45) is 7.45. The van der Waals surface area contributed by atoms with Gasteiger partial charge >= 0.3 is 6.03 Å². The second-order valence-corrected chi connectivity index (χ2v) is 7.30. The van der Waals surface area contributed by atoms with Crippen LogP contribution in [0.5, 0.6) is 0 Å². The molecule has 2 saturated carbocycles. The number of anilines is 1. The number of benzene rings is 1. The summed E-state index contributed by atoms with van der Waals surface area (Å²) in [5.41, 5.74) is 2.00. The van der Waals surface area contributed by atoms with Gasteiger partial charge in [0, 0.05) is 36.7 Å². The molecule has 5 heteroatoms. The molecule has 5 nitrogen and oxygen atoms in total. The number of nitrogens with zero attached hydrogens (tertiary/aromatic N) is 1. The van der Waals surface area contributed by atoms with E-state index >= 15 is 0 Å². The molecule has 0 unspecified atom stereocenters. The number of carbonyl (C=O) groups is 2. The average Bonchev–Trinajstić information content (AvgIpc) is 3.26. The number of nitrogens with one attached hydrogen (secondary N) is 2. The van der Waals surface area contributed by atoms with Gasteiger partial charge in [-0.1, -0.05) is 31.0 Å². The fraction of sp³-hybridized carbons (Fsp3) is 0.579. The lowest BCUT2D eigenvalue weighted by Gasteiger charge is -2.31. The SMILES string of the molecule is O=C1C[C@@H](CNC(=O)N(C2CCCC2)C2CC2)c2ccccc2N1. The molecule has 3 aliphatic rings. The molecule has 1 atom stereocenters. The van der Waals surface area contributed by atoms with Gasteiger partial charge < -0.3 is 15.5 Å². The molecule has 0 bridgehead atoms. The number of para-hydroxylation sites is 1. The first-order chi connectivity index (χ1) is 11.7. The third-order valence-electron chi connectivity index (χ3n) is 5.50. The first-order valence-corrected chi connectivity index (χ1v) is 9.17. The maximum atomic E-state index is 12.8. The highest BCUT2D eigenvalue weighted by Crippen LogP contribution is 2.35. The van der Waals surface area contributed by atoms with Crippen LogP contribution in [0.25, 0.3) is 0 Å². The smallest absolute Gasteiger partial charge is 0.317 e. The molecule has 3 amide bonds. The number of hydrogen-bond acceptors (Lipinski definition) is 2. The van der Waals surface area contributed by atoms with Crippen LogP contribution in [0.1, 0.15) is 56.4 Å². The van der Waals surface area contributed by atoms with Crippen molar-refractivity contribution in [3.63, 3.8) is 0 Å². The van der Waals surface area contributed by atoms with Crippen molar-refractivity contribution in [3.05, 3.63) is 29.8 Å². The van der Waals surface area contributed by atoms with Gasteiger partial charge in [-0.15, -0.1) is 0 Å². The highest BCUT2D eigenvalue weighted by Gasteiger charge is 2.38. The Morgan fingerprint density at radius 3 is 2.58 bits per heavy atom. The Hall–Kier alpha value is -2.04. The van der Waals surface area contributed by atoms with Crippen molar-refractivity contribution in [1.29, 1.82) is 0 Å². The summed E-state index contributed by atoms with van der Waals surface area (Å²) < 4.78 is 0. The molecule has 2 N–H and O–H groups in total. The maximum absolute atomic E-state index is 12.8. The van der Waals surface area contributed by atoms with E-state index in [1.54, 1.807) is 0 Å². The van der Waals surface area contributed by atoms with Gasteiger partial charge in [-0.05, 0) is 37.3 Å². The van der Waals surface area contributed by atoms with Gasteiger partial charge in [0.25, 0.3) is 0 Å². The number of hydrogen-bond donors (Lipinski definition) is 2. The second kappa shape index (κ2) is 6.46. The summed E-state index contributed by atoms with van der Waals surface area (Å²) in [5.74, 6) is 0.0892. The molecule has 2 fully saturated rings. The van der Waals surface area contributed by atoms with Crippen molar-refractivity contribution in [1.82, 2.24) is 10.2 Å². The van der Waals surface area contributed by atoms with Gasteiger partial charge in [0.05, 0.1) is 0 Å². The van der Waals surface area contributed by atoms with E-state index in [9.17, 15) is 9.59 Å².